The molecule has 1 heterocycles. The van der Waals surface area contributed by atoms with Crippen molar-refractivity contribution in [1.82, 2.24) is 10.2 Å². The molecule has 0 aromatic heterocycles. The van der Waals surface area contributed by atoms with Gasteiger partial charge in [-0.25, -0.2) is 4.39 Å². The Bertz CT molecular complexity index is 422. The number of nitrogens with zero attached hydrogens (tertiary/aromatic N) is 1. The zero-order chi connectivity index (χ0) is 12.3. The van der Waals surface area contributed by atoms with Gasteiger partial charge in [0.1, 0.15) is 5.82 Å². The maximum Gasteiger partial charge on any atom is 0.253 e. The van der Waals surface area contributed by atoms with Gasteiger partial charge in [-0.2, -0.15) is 0 Å². The third kappa shape index (κ3) is 2.71. The van der Waals surface area contributed by atoms with Crippen LogP contribution in [0, 0.1) is 5.82 Å². The number of piperazine rings is 1. The maximum absolute atomic E-state index is 12.8. The van der Waals surface area contributed by atoms with E-state index in [-0.39, 0.29) is 11.7 Å². The molecule has 1 aromatic carbocycles. The molecular weight excluding hydrogens is 219 g/mol. The largest absolute Gasteiger partial charge is 0.336 e. The third-order valence-corrected chi connectivity index (χ3v) is 2.86. The van der Waals surface area contributed by atoms with E-state index in [0.29, 0.717) is 24.2 Å². The fourth-order valence-electron chi connectivity index (χ4n) is 1.83. The van der Waals surface area contributed by atoms with Gasteiger partial charge in [-0.1, -0.05) is 18.7 Å². The summed E-state index contributed by atoms with van der Waals surface area (Å²) in [6.07, 6.45) is 0. The van der Waals surface area contributed by atoms with Crippen LogP contribution in [-0.2, 0) is 4.79 Å². The highest BCUT2D eigenvalue weighted by Crippen LogP contribution is 2.16. The standard InChI is InChI=1S/C13H15FN2O/c1-10(11-2-4-12(14)5-3-11)13(17)16-8-6-15-7-9-16/h2-5,15H,1,6-9H2. The Morgan fingerprint density at radius 1 is 1.24 bits per heavy atom. The predicted molar refractivity (Wildman–Crippen MR) is 64.9 cm³/mol. The Kier molecular flexibility index (Phi) is 3.54. The van der Waals surface area contributed by atoms with Crippen LogP contribution in [0.3, 0.4) is 0 Å². The third-order valence-electron chi connectivity index (χ3n) is 2.86. The summed E-state index contributed by atoms with van der Waals surface area (Å²) in [6, 6.07) is 5.84. The first-order valence-corrected chi connectivity index (χ1v) is 5.63. The summed E-state index contributed by atoms with van der Waals surface area (Å²) in [5.74, 6) is -0.380. The van der Waals surface area contributed by atoms with Gasteiger partial charge in [-0.3, -0.25) is 4.79 Å². The first-order chi connectivity index (χ1) is 8.18. The van der Waals surface area contributed by atoms with E-state index >= 15 is 0 Å². The smallest absolute Gasteiger partial charge is 0.253 e. The van der Waals surface area contributed by atoms with Gasteiger partial charge in [-0.15, -0.1) is 0 Å². The second-order valence-corrected chi connectivity index (χ2v) is 4.03. The molecule has 3 nitrogen and oxygen atoms in total. The zero-order valence-corrected chi connectivity index (χ0v) is 9.58. The Labute approximate surface area is 99.9 Å². The minimum atomic E-state index is -0.309. The molecule has 0 spiro atoms. The van der Waals surface area contributed by atoms with Crippen molar-refractivity contribution in [1.29, 1.82) is 0 Å². The second-order valence-electron chi connectivity index (χ2n) is 4.03. The molecule has 1 N–H and O–H groups in total. The minimum Gasteiger partial charge on any atom is -0.336 e. The molecule has 1 saturated heterocycles. The first kappa shape index (κ1) is 11.8. The number of halogens is 1. The Morgan fingerprint density at radius 3 is 2.41 bits per heavy atom. The van der Waals surface area contributed by atoms with Crippen LogP contribution in [-0.4, -0.2) is 37.0 Å². The van der Waals surface area contributed by atoms with Crippen molar-refractivity contribution < 1.29 is 9.18 Å². The molecule has 1 fully saturated rings. The quantitative estimate of drug-likeness (QED) is 0.782. The molecule has 0 saturated carbocycles. The van der Waals surface area contributed by atoms with E-state index in [1.807, 2.05) is 0 Å². The van der Waals surface area contributed by atoms with E-state index in [1.54, 1.807) is 17.0 Å². The van der Waals surface area contributed by atoms with Gasteiger partial charge in [0.25, 0.3) is 5.91 Å². The van der Waals surface area contributed by atoms with Gasteiger partial charge in [0.15, 0.2) is 0 Å². The fourth-order valence-corrected chi connectivity index (χ4v) is 1.83. The highest BCUT2D eigenvalue weighted by molar-refractivity contribution is 6.18. The normalized spacial score (nSPS) is 15.7. The molecule has 1 amide bonds. The van der Waals surface area contributed by atoms with Gasteiger partial charge in [0.2, 0.25) is 0 Å². The number of benzene rings is 1. The van der Waals surface area contributed by atoms with Crippen LogP contribution in [0.5, 0.6) is 0 Å². The van der Waals surface area contributed by atoms with Gasteiger partial charge >= 0.3 is 0 Å². The molecule has 0 radical (unpaired) electrons. The van der Waals surface area contributed by atoms with Gasteiger partial charge < -0.3 is 10.2 Å². The van der Waals surface area contributed by atoms with Crippen molar-refractivity contribution in [2.24, 2.45) is 0 Å². The summed E-state index contributed by atoms with van der Waals surface area (Å²) in [6.45, 7) is 6.80. The summed E-state index contributed by atoms with van der Waals surface area (Å²) < 4.78 is 12.8. The summed E-state index contributed by atoms with van der Waals surface area (Å²) in [5.41, 5.74) is 1.10. The molecule has 2 rings (SSSR count). The SMILES string of the molecule is C=C(C(=O)N1CCNCC1)c1ccc(F)cc1. The molecule has 0 atom stereocenters. The van der Waals surface area contributed by atoms with Crippen LogP contribution in [0.15, 0.2) is 30.8 Å². The minimum absolute atomic E-state index is 0.0712. The fraction of sp³-hybridized carbons (Fsp3) is 0.308. The number of carbonyl (C=O) groups is 1. The summed E-state index contributed by atoms with van der Waals surface area (Å²) in [5, 5.41) is 3.18. The van der Waals surface area contributed by atoms with Crippen molar-refractivity contribution in [2.45, 2.75) is 0 Å². The van der Waals surface area contributed by atoms with Crippen molar-refractivity contribution in [3.8, 4) is 0 Å². The number of hydrogen-bond acceptors (Lipinski definition) is 2. The number of rotatable bonds is 2. The molecule has 1 aliphatic heterocycles. The van der Waals surface area contributed by atoms with E-state index in [4.69, 9.17) is 0 Å². The zero-order valence-electron chi connectivity index (χ0n) is 9.58. The molecule has 90 valence electrons. The number of hydrogen-bond donors (Lipinski definition) is 1. The van der Waals surface area contributed by atoms with Crippen LogP contribution >= 0.6 is 0 Å². The van der Waals surface area contributed by atoms with E-state index in [2.05, 4.69) is 11.9 Å². The van der Waals surface area contributed by atoms with Gasteiger partial charge in [0, 0.05) is 31.8 Å². The second kappa shape index (κ2) is 5.10. The lowest BCUT2D eigenvalue weighted by molar-refractivity contribution is -0.125. The van der Waals surface area contributed by atoms with Gasteiger partial charge in [-0.05, 0) is 17.7 Å². The van der Waals surface area contributed by atoms with Crippen molar-refractivity contribution in [3.05, 3.63) is 42.2 Å². The number of carbonyl (C=O) groups excluding carboxylic acids is 1. The Hall–Kier alpha value is -1.68. The Balaban J connectivity index is 2.08. The monoisotopic (exact) mass is 234 g/mol. The van der Waals surface area contributed by atoms with Crippen molar-refractivity contribution in [2.75, 3.05) is 26.2 Å². The van der Waals surface area contributed by atoms with E-state index < -0.39 is 0 Å². The molecule has 0 aliphatic carbocycles. The van der Waals surface area contributed by atoms with Crippen LogP contribution in [0.2, 0.25) is 0 Å². The van der Waals surface area contributed by atoms with Crippen molar-refractivity contribution >= 4 is 11.5 Å². The van der Waals surface area contributed by atoms with E-state index in [9.17, 15) is 9.18 Å². The molecule has 0 unspecified atom stereocenters. The van der Waals surface area contributed by atoms with Crippen LogP contribution in [0.1, 0.15) is 5.56 Å². The summed E-state index contributed by atoms with van der Waals surface area (Å²) in [7, 11) is 0. The average molecular weight is 234 g/mol. The molecular formula is C13H15FN2O. The lowest BCUT2D eigenvalue weighted by atomic mass is 10.1. The Morgan fingerprint density at radius 2 is 1.82 bits per heavy atom. The maximum atomic E-state index is 12.8. The summed E-state index contributed by atoms with van der Waals surface area (Å²) >= 11 is 0. The topological polar surface area (TPSA) is 32.3 Å². The number of nitrogens with one attached hydrogen (secondary N) is 1. The number of amides is 1. The van der Waals surface area contributed by atoms with Crippen LogP contribution in [0.4, 0.5) is 4.39 Å². The lowest BCUT2D eigenvalue weighted by Crippen LogP contribution is -2.46. The predicted octanol–water partition coefficient (Wildman–Crippen LogP) is 1.27. The highest BCUT2D eigenvalue weighted by Gasteiger charge is 2.19. The average Bonchev–Trinajstić information content (AvgIpc) is 2.39. The summed E-state index contributed by atoms with van der Waals surface area (Å²) in [4.78, 5) is 13.9. The molecule has 1 aliphatic rings. The molecule has 0 bridgehead atoms. The lowest BCUT2D eigenvalue weighted by Gasteiger charge is -2.28. The van der Waals surface area contributed by atoms with Crippen molar-refractivity contribution in [3.63, 3.8) is 0 Å². The van der Waals surface area contributed by atoms with Gasteiger partial charge in [0.05, 0.1) is 0 Å². The van der Waals surface area contributed by atoms with E-state index in [0.717, 1.165) is 13.1 Å². The highest BCUT2D eigenvalue weighted by atomic mass is 19.1. The molecule has 4 heteroatoms. The molecule has 1 aromatic rings. The first-order valence-electron chi connectivity index (χ1n) is 5.63. The van der Waals surface area contributed by atoms with Crippen LogP contribution in [0.25, 0.3) is 5.57 Å². The molecule has 17 heavy (non-hydrogen) atoms. The van der Waals surface area contributed by atoms with E-state index in [1.165, 1.54) is 12.1 Å². The van der Waals surface area contributed by atoms with Crippen LogP contribution < -0.4 is 5.32 Å².